The van der Waals surface area contributed by atoms with E-state index in [1.54, 1.807) is 21.5 Å². The number of nitrogens with one attached hydrogen (secondary N) is 1. The van der Waals surface area contributed by atoms with E-state index in [0.29, 0.717) is 27.8 Å². The van der Waals surface area contributed by atoms with Crippen molar-refractivity contribution in [3.63, 3.8) is 0 Å². The van der Waals surface area contributed by atoms with Gasteiger partial charge >= 0.3 is 0 Å². The molecule has 1 aliphatic heterocycles. The number of para-hydroxylation sites is 1. The summed E-state index contributed by atoms with van der Waals surface area (Å²) in [5, 5.41) is 8.22. The van der Waals surface area contributed by atoms with Gasteiger partial charge < -0.3 is 5.32 Å². The number of aromatic nitrogens is 5. The van der Waals surface area contributed by atoms with Gasteiger partial charge in [0.05, 0.1) is 17.9 Å². The minimum atomic E-state index is -0.265. The van der Waals surface area contributed by atoms with Crippen LogP contribution in [-0.4, -0.2) is 36.0 Å². The summed E-state index contributed by atoms with van der Waals surface area (Å²) in [6.07, 6.45) is 1.72. The third kappa shape index (κ3) is 3.26. The van der Waals surface area contributed by atoms with E-state index in [4.69, 9.17) is 0 Å². The average Bonchev–Trinajstić information content (AvgIpc) is 3.34. The van der Waals surface area contributed by atoms with Crippen molar-refractivity contribution in [3.8, 4) is 5.69 Å². The number of anilines is 1. The number of hydrogen-bond acceptors (Lipinski definition) is 6. The Bertz CT molecular complexity index is 1310. The van der Waals surface area contributed by atoms with E-state index >= 15 is 0 Å². The van der Waals surface area contributed by atoms with Crippen molar-refractivity contribution in [2.24, 2.45) is 0 Å². The molecular weight excluding hydrogens is 400 g/mol. The maximum Gasteiger partial charge on any atom is 0.265 e. The molecule has 4 heterocycles. The van der Waals surface area contributed by atoms with Crippen LogP contribution in [0.2, 0.25) is 0 Å². The zero-order valence-electron chi connectivity index (χ0n) is 16.1. The Kier molecular flexibility index (Phi) is 4.59. The molecule has 5 rings (SSSR count). The maximum atomic E-state index is 13.2. The van der Waals surface area contributed by atoms with Crippen molar-refractivity contribution in [1.29, 1.82) is 0 Å². The molecule has 0 saturated carbocycles. The number of thioether (sulfide) groups is 1. The smallest absolute Gasteiger partial charge is 0.265 e. The first-order valence-corrected chi connectivity index (χ1v) is 10.5. The monoisotopic (exact) mass is 418 g/mol. The van der Waals surface area contributed by atoms with E-state index in [1.165, 1.54) is 11.8 Å². The number of amides is 1. The second-order valence-electron chi connectivity index (χ2n) is 7.08. The number of benzene rings is 1. The van der Waals surface area contributed by atoms with Gasteiger partial charge in [0.15, 0.2) is 10.8 Å². The molecule has 1 atom stereocenters. The molecule has 0 unspecified atom stereocenters. The van der Waals surface area contributed by atoms with E-state index in [2.05, 4.69) is 20.4 Å². The van der Waals surface area contributed by atoms with Crippen molar-refractivity contribution < 1.29 is 4.79 Å². The van der Waals surface area contributed by atoms with Crippen LogP contribution in [0.3, 0.4) is 0 Å². The zero-order chi connectivity index (χ0) is 20.7. The summed E-state index contributed by atoms with van der Waals surface area (Å²) in [5.41, 5.74) is 2.02. The number of fused-ring (bicyclic) bond motifs is 2. The quantitative estimate of drug-likeness (QED) is 0.512. The Labute approximate surface area is 176 Å². The largest absolute Gasteiger partial charge is 0.311 e. The van der Waals surface area contributed by atoms with Gasteiger partial charge in [-0.25, -0.2) is 14.6 Å². The predicted octanol–water partition coefficient (Wildman–Crippen LogP) is 2.96. The van der Waals surface area contributed by atoms with Crippen LogP contribution in [0.1, 0.15) is 18.2 Å². The molecule has 30 heavy (non-hydrogen) atoms. The highest BCUT2D eigenvalue weighted by atomic mass is 32.2. The van der Waals surface area contributed by atoms with E-state index in [-0.39, 0.29) is 23.9 Å². The molecule has 0 bridgehead atoms. The fourth-order valence-electron chi connectivity index (χ4n) is 3.56. The van der Waals surface area contributed by atoms with Crippen molar-refractivity contribution in [2.45, 2.75) is 24.5 Å². The zero-order valence-corrected chi connectivity index (χ0v) is 17.0. The number of rotatable bonds is 4. The average molecular weight is 418 g/mol. The number of nitrogens with zero attached hydrogens (tertiary/aromatic N) is 5. The van der Waals surface area contributed by atoms with Crippen LogP contribution in [0.5, 0.6) is 0 Å². The second-order valence-corrected chi connectivity index (χ2v) is 8.07. The molecule has 1 amide bonds. The van der Waals surface area contributed by atoms with Crippen LogP contribution in [0.4, 0.5) is 5.82 Å². The molecule has 0 saturated heterocycles. The molecular formula is C21H18N6O2S. The summed E-state index contributed by atoms with van der Waals surface area (Å²) < 4.78 is 3.29. The number of hydrogen-bond donors (Lipinski definition) is 1. The van der Waals surface area contributed by atoms with E-state index in [9.17, 15) is 9.59 Å². The fraction of sp³-hybridized carbons (Fsp3) is 0.190. The molecule has 0 spiro atoms. The van der Waals surface area contributed by atoms with Crippen LogP contribution >= 0.6 is 11.8 Å². The molecule has 1 aromatic carbocycles. The van der Waals surface area contributed by atoms with Crippen molar-refractivity contribution in [1.82, 2.24) is 24.3 Å². The lowest BCUT2D eigenvalue weighted by atomic mass is 10.2. The molecule has 4 aromatic rings. The fourth-order valence-corrected chi connectivity index (χ4v) is 4.69. The van der Waals surface area contributed by atoms with Gasteiger partial charge in [-0.1, -0.05) is 36.0 Å². The molecule has 1 N–H and O–H groups in total. The third-order valence-corrected chi connectivity index (χ3v) is 6.05. The van der Waals surface area contributed by atoms with Gasteiger partial charge in [0.25, 0.3) is 5.56 Å². The lowest BCUT2D eigenvalue weighted by molar-refractivity contribution is -0.116. The molecule has 8 nitrogen and oxygen atoms in total. The summed E-state index contributed by atoms with van der Waals surface area (Å²) in [6, 6.07) is 14.8. The summed E-state index contributed by atoms with van der Waals surface area (Å²) in [4.78, 5) is 34.7. The van der Waals surface area contributed by atoms with Gasteiger partial charge in [-0.15, -0.1) is 0 Å². The maximum absolute atomic E-state index is 13.2. The Balaban J connectivity index is 1.45. The highest BCUT2D eigenvalue weighted by Crippen LogP contribution is 2.33. The first kappa shape index (κ1) is 18.6. The number of carbonyl (C=O) groups excluding carboxylic acids is 1. The van der Waals surface area contributed by atoms with Crippen LogP contribution in [0.25, 0.3) is 16.7 Å². The summed E-state index contributed by atoms with van der Waals surface area (Å²) in [6.45, 7) is 1.87. The topological polar surface area (TPSA) is 94.7 Å². The van der Waals surface area contributed by atoms with Crippen molar-refractivity contribution in [3.05, 3.63) is 70.8 Å². The second kappa shape index (κ2) is 7.42. The highest BCUT2D eigenvalue weighted by molar-refractivity contribution is 7.99. The van der Waals surface area contributed by atoms with Gasteiger partial charge in [-0.05, 0) is 31.2 Å². The first-order chi connectivity index (χ1) is 14.6. The molecule has 150 valence electrons. The number of aryl methyl sites for hydroxylation is 1. The van der Waals surface area contributed by atoms with Crippen LogP contribution in [-0.2, 0) is 4.79 Å². The van der Waals surface area contributed by atoms with Crippen molar-refractivity contribution >= 4 is 34.5 Å². The van der Waals surface area contributed by atoms with Gasteiger partial charge in [0.1, 0.15) is 11.2 Å². The Hall–Kier alpha value is -3.46. The summed E-state index contributed by atoms with van der Waals surface area (Å²) >= 11 is 1.48. The molecule has 9 heteroatoms. The highest BCUT2D eigenvalue weighted by Gasteiger charge is 2.29. The lowest BCUT2D eigenvalue weighted by Gasteiger charge is -2.13. The predicted molar refractivity (Wildman–Crippen MR) is 115 cm³/mol. The summed E-state index contributed by atoms with van der Waals surface area (Å²) in [7, 11) is 0. The Morgan fingerprint density at radius 3 is 2.80 bits per heavy atom. The standard InChI is InChI=1S/C21H18N6O2S/c1-13-6-5-9-17(23-13)24-18(28)10-15-12-30-21-25-19-16(20(29)26(15)21)11-22-27(19)14-7-3-2-4-8-14/h2-9,11,15H,10,12H2,1H3,(H,23,24,28)/t15-/m0/s1. The molecule has 1 aliphatic rings. The molecule has 0 radical (unpaired) electrons. The molecule has 0 fully saturated rings. The first-order valence-electron chi connectivity index (χ1n) is 9.52. The van der Waals surface area contributed by atoms with Gasteiger partial charge in [0, 0.05) is 17.9 Å². The minimum absolute atomic E-state index is 0.173. The van der Waals surface area contributed by atoms with Crippen LogP contribution in [0.15, 0.2) is 64.7 Å². The summed E-state index contributed by atoms with van der Waals surface area (Å²) in [5.74, 6) is 0.942. The van der Waals surface area contributed by atoms with Crippen LogP contribution in [0, 0.1) is 6.92 Å². The minimum Gasteiger partial charge on any atom is -0.311 e. The van der Waals surface area contributed by atoms with Crippen molar-refractivity contribution in [2.75, 3.05) is 11.1 Å². The van der Waals surface area contributed by atoms with E-state index in [0.717, 1.165) is 11.4 Å². The SMILES string of the molecule is Cc1cccc(NC(=O)C[C@H]2CSc3nc4c(cnn4-c4ccccc4)c(=O)n32)n1. The molecule has 3 aromatic heterocycles. The normalized spacial score (nSPS) is 15.3. The van der Waals surface area contributed by atoms with Gasteiger partial charge in [-0.3, -0.25) is 14.2 Å². The van der Waals surface area contributed by atoms with E-state index < -0.39 is 0 Å². The third-order valence-electron chi connectivity index (χ3n) is 4.95. The number of carbonyl (C=O) groups is 1. The lowest BCUT2D eigenvalue weighted by Crippen LogP contribution is -2.28. The van der Waals surface area contributed by atoms with Gasteiger partial charge in [0.2, 0.25) is 5.91 Å². The van der Waals surface area contributed by atoms with E-state index in [1.807, 2.05) is 49.4 Å². The number of pyridine rings is 1. The molecule has 0 aliphatic carbocycles. The van der Waals surface area contributed by atoms with Crippen LogP contribution < -0.4 is 10.9 Å². The van der Waals surface area contributed by atoms with Gasteiger partial charge in [-0.2, -0.15) is 5.10 Å². The Morgan fingerprint density at radius 1 is 1.17 bits per heavy atom. The Morgan fingerprint density at radius 2 is 2.00 bits per heavy atom.